The highest BCUT2D eigenvalue weighted by atomic mass is 19.2. The van der Waals surface area contributed by atoms with Crippen molar-refractivity contribution >= 4 is 18.0 Å². The number of esters is 2. The van der Waals surface area contributed by atoms with Gasteiger partial charge < -0.3 is 19.9 Å². The fourth-order valence-corrected chi connectivity index (χ4v) is 5.51. The van der Waals surface area contributed by atoms with Crippen LogP contribution in [0, 0.1) is 69.8 Å². The minimum absolute atomic E-state index is 0.0185. The van der Waals surface area contributed by atoms with Crippen molar-refractivity contribution in [1.82, 2.24) is 0 Å². The molecule has 0 saturated heterocycles. The van der Waals surface area contributed by atoms with Gasteiger partial charge in [-0.25, -0.2) is 57.5 Å². The maximum Gasteiger partial charge on any atom is 0.405 e. The Hall–Kier alpha value is -5.75. The van der Waals surface area contributed by atoms with E-state index in [1.807, 2.05) is 13.8 Å². The summed E-state index contributed by atoms with van der Waals surface area (Å²) >= 11 is 0. The van der Waals surface area contributed by atoms with Gasteiger partial charge in [0.15, 0.2) is 69.8 Å². The Balaban J connectivity index is 0.000000510. The first-order chi connectivity index (χ1) is 28.7. The number of rotatable bonds is 10. The van der Waals surface area contributed by atoms with Gasteiger partial charge >= 0.3 is 18.0 Å². The molecule has 4 rings (SSSR count). The molecule has 2 N–H and O–H groups in total. The zero-order chi connectivity index (χ0) is 48.0. The summed E-state index contributed by atoms with van der Waals surface area (Å²) in [6, 6.07) is 4.99. The molecule has 0 saturated carbocycles. The van der Waals surface area contributed by atoms with Gasteiger partial charge in [0.2, 0.25) is 0 Å². The van der Waals surface area contributed by atoms with Crippen molar-refractivity contribution in [2.24, 2.45) is 5.73 Å². The maximum atomic E-state index is 13.6. The second-order valence-electron chi connectivity index (χ2n) is 13.8. The number of hydrogen-bond acceptors (Lipinski definition) is 6. The summed E-state index contributed by atoms with van der Waals surface area (Å²) in [5, 5.41) is 0. The lowest BCUT2D eigenvalue weighted by Gasteiger charge is -2.25. The Morgan fingerprint density at radius 2 is 0.677 bits per heavy atom. The van der Waals surface area contributed by atoms with Gasteiger partial charge in [0.25, 0.3) is 0 Å². The van der Waals surface area contributed by atoms with Crippen molar-refractivity contribution in [3.63, 3.8) is 0 Å². The second-order valence-corrected chi connectivity index (χ2v) is 13.8. The molecule has 0 spiro atoms. The third-order valence-electron chi connectivity index (χ3n) is 8.02. The van der Waals surface area contributed by atoms with Gasteiger partial charge in [0.1, 0.15) is 17.8 Å². The molecular formula is C43H45F12NO6. The van der Waals surface area contributed by atoms with E-state index in [0.717, 1.165) is 0 Å². The van der Waals surface area contributed by atoms with E-state index < -0.39 is 117 Å². The Bertz CT molecular complexity index is 1830. The minimum Gasteiger partial charge on any atom is -0.462 e. The molecule has 0 aliphatic rings. The molecule has 2 atom stereocenters. The van der Waals surface area contributed by atoms with Crippen molar-refractivity contribution in [1.29, 1.82) is 0 Å². The van der Waals surface area contributed by atoms with Crippen LogP contribution in [0.15, 0.2) is 48.5 Å². The lowest BCUT2D eigenvalue weighted by atomic mass is 9.86. The number of benzene rings is 4. The summed E-state index contributed by atoms with van der Waals surface area (Å²) < 4.78 is 176. The van der Waals surface area contributed by atoms with E-state index in [-0.39, 0.29) is 35.1 Å². The van der Waals surface area contributed by atoms with Crippen molar-refractivity contribution in [2.45, 2.75) is 105 Å². The lowest BCUT2D eigenvalue weighted by molar-refractivity contribution is -0.149. The zero-order valence-electron chi connectivity index (χ0n) is 34.9. The Labute approximate surface area is 350 Å². The quantitative estimate of drug-likeness (QED) is 0.0736. The van der Waals surface area contributed by atoms with Crippen LogP contribution >= 0.6 is 0 Å². The van der Waals surface area contributed by atoms with Crippen LogP contribution < -0.4 is 5.73 Å². The predicted molar refractivity (Wildman–Crippen MR) is 202 cm³/mol. The number of halogens is 12. The smallest absolute Gasteiger partial charge is 0.405 e. The van der Waals surface area contributed by atoms with Gasteiger partial charge in [-0.3, -0.25) is 9.59 Å². The second kappa shape index (κ2) is 24.0. The largest absolute Gasteiger partial charge is 0.462 e. The van der Waals surface area contributed by atoms with Gasteiger partial charge in [0.05, 0.1) is 0 Å². The molecular weight excluding hydrogens is 854 g/mol. The van der Waals surface area contributed by atoms with Crippen LogP contribution in [0.3, 0.4) is 0 Å². The average molecular weight is 900 g/mol. The number of carbonyl (C=O) groups is 3. The molecule has 4 aromatic carbocycles. The SMILES string of the molecule is CC.CC(C)(C)OC(N)=O.CCC(=O)OC(C)C(c1cc(F)c(F)c(F)c1)c1cc(F)c(F)c(F)c1.CCC(=O)OC(C)C(c1cc(F)c(F)c(F)c1)c1cc(F)c(F)c(F)c1. The topological polar surface area (TPSA) is 105 Å². The molecule has 0 aliphatic carbocycles. The normalized spacial score (nSPS) is 11.9. The molecule has 1 amide bonds. The van der Waals surface area contributed by atoms with Crippen LogP contribution in [0.25, 0.3) is 0 Å². The van der Waals surface area contributed by atoms with E-state index in [0.29, 0.717) is 48.5 Å². The van der Waals surface area contributed by atoms with Gasteiger partial charge in [-0.05, 0) is 105 Å². The number of primary amides is 1. The highest BCUT2D eigenvalue weighted by molar-refractivity contribution is 5.69. The van der Waals surface area contributed by atoms with E-state index in [2.05, 4.69) is 4.74 Å². The average Bonchev–Trinajstić information content (AvgIpc) is 3.17. The third kappa shape index (κ3) is 15.6. The molecule has 7 nitrogen and oxygen atoms in total. The van der Waals surface area contributed by atoms with Gasteiger partial charge in [0, 0.05) is 24.7 Å². The summed E-state index contributed by atoms with van der Waals surface area (Å²) in [5.41, 5.74) is 3.33. The van der Waals surface area contributed by atoms with Crippen molar-refractivity contribution < 1.29 is 81.3 Å². The van der Waals surface area contributed by atoms with Gasteiger partial charge in [-0.1, -0.05) is 27.7 Å². The highest BCUT2D eigenvalue weighted by Gasteiger charge is 2.30. The summed E-state index contributed by atoms with van der Waals surface area (Å²) in [6.45, 7) is 14.9. The third-order valence-corrected chi connectivity index (χ3v) is 8.02. The van der Waals surface area contributed by atoms with E-state index in [1.165, 1.54) is 27.7 Å². The summed E-state index contributed by atoms with van der Waals surface area (Å²) in [5.74, 6) is -23.0. The predicted octanol–water partition coefficient (Wildman–Crippen LogP) is 11.9. The first-order valence-electron chi connectivity index (χ1n) is 18.7. The standard InChI is InChI=1S/2C18H14F6O2.C5H11NO2.C2H6/c2*1-3-15(25)26-8(2)16(9-4-11(19)17(23)12(20)5-9)10-6-13(21)18(24)14(22)7-10;1-5(2,3)8-4(6)7;1-2/h2*4-8,16H,3H2,1-2H3;1-3H3,(H2,6,7);1-2H3. The number of nitrogens with two attached hydrogens (primary N) is 1. The van der Waals surface area contributed by atoms with E-state index in [4.69, 9.17) is 15.2 Å². The number of hydrogen-bond donors (Lipinski definition) is 1. The minimum atomic E-state index is -1.72. The van der Waals surface area contributed by atoms with Crippen LogP contribution in [-0.2, 0) is 23.8 Å². The molecule has 2 unspecified atom stereocenters. The lowest BCUT2D eigenvalue weighted by Crippen LogP contribution is -2.27. The van der Waals surface area contributed by atoms with Crippen LogP contribution in [0.4, 0.5) is 57.5 Å². The Kier molecular flexibility index (Phi) is 21.0. The first kappa shape index (κ1) is 54.3. The summed E-state index contributed by atoms with van der Waals surface area (Å²) in [6.07, 6.45) is -3.02. The number of carbonyl (C=O) groups excluding carboxylic acids is 3. The fraction of sp³-hybridized carbons (Fsp3) is 0.372. The molecule has 0 fully saturated rings. The highest BCUT2D eigenvalue weighted by Crippen LogP contribution is 2.35. The zero-order valence-corrected chi connectivity index (χ0v) is 34.9. The van der Waals surface area contributed by atoms with Crippen molar-refractivity contribution in [2.75, 3.05) is 0 Å². The Morgan fingerprint density at radius 3 is 0.806 bits per heavy atom. The summed E-state index contributed by atoms with van der Waals surface area (Å²) in [7, 11) is 0. The van der Waals surface area contributed by atoms with Crippen LogP contribution in [0.5, 0.6) is 0 Å². The fourth-order valence-electron chi connectivity index (χ4n) is 5.51. The molecule has 0 bridgehead atoms. The van der Waals surface area contributed by atoms with E-state index in [9.17, 15) is 67.1 Å². The molecule has 342 valence electrons. The number of amides is 1. The summed E-state index contributed by atoms with van der Waals surface area (Å²) in [4.78, 5) is 33.1. The van der Waals surface area contributed by atoms with E-state index >= 15 is 0 Å². The van der Waals surface area contributed by atoms with Crippen LogP contribution in [-0.4, -0.2) is 35.8 Å². The van der Waals surface area contributed by atoms with Crippen molar-refractivity contribution in [3.05, 3.63) is 141 Å². The molecule has 0 heterocycles. The molecule has 0 aromatic heterocycles. The molecule has 4 aromatic rings. The molecule has 0 aliphatic heterocycles. The van der Waals surface area contributed by atoms with Crippen LogP contribution in [0.2, 0.25) is 0 Å². The monoisotopic (exact) mass is 899 g/mol. The molecule has 19 heteroatoms. The Morgan fingerprint density at radius 1 is 0.484 bits per heavy atom. The van der Waals surface area contributed by atoms with Crippen LogP contribution in [0.1, 0.15) is 109 Å². The molecule has 62 heavy (non-hydrogen) atoms. The maximum absolute atomic E-state index is 13.6. The first-order valence-corrected chi connectivity index (χ1v) is 18.7. The molecule has 0 radical (unpaired) electrons. The van der Waals surface area contributed by atoms with Gasteiger partial charge in [-0.15, -0.1) is 0 Å². The van der Waals surface area contributed by atoms with Gasteiger partial charge in [-0.2, -0.15) is 0 Å². The van der Waals surface area contributed by atoms with E-state index in [1.54, 1.807) is 20.8 Å². The van der Waals surface area contributed by atoms with Crippen molar-refractivity contribution in [3.8, 4) is 0 Å². The number of ether oxygens (including phenoxy) is 3.